The van der Waals surface area contributed by atoms with E-state index in [9.17, 15) is 0 Å². The minimum atomic E-state index is 0.0436. The van der Waals surface area contributed by atoms with Crippen molar-refractivity contribution in [1.82, 2.24) is 0 Å². The van der Waals surface area contributed by atoms with Crippen LogP contribution in [0.2, 0.25) is 0 Å². The van der Waals surface area contributed by atoms with Gasteiger partial charge in [0.25, 0.3) is 0 Å². The molecule has 0 amide bonds. The Kier molecular flexibility index (Phi) is 3.29. The van der Waals surface area contributed by atoms with Crippen LogP contribution in [0.3, 0.4) is 0 Å². The second-order valence-electron chi connectivity index (χ2n) is 6.03. The zero-order chi connectivity index (χ0) is 12.4. The quantitative estimate of drug-likeness (QED) is 0.808. The van der Waals surface area contributed by atoms with Crippen LogP contribution in [0.4, 0.5) is 0 Å². The molecule has 0 spiro atoms. The molecular formula is C16H23NO. The number of rotatable bonds is 2. The average Bonchev–Trinajstić information content (AvgIpc) is 2.64. The van der Waals surface area contributed by atoms with Crippen molar-refractivity contribution in [3.8, 4) is 5.75 Å². The lowest BCUT2D eigenvalue weighted by atomic mass is 9.80. The molecule has 1 heterocycles. The summed E-state index contributed by atoms with van der Waals surface area (Å²) < 4.78 is 5.77. The highest BCUT2D eigenvalue weighted by Gasteiger charge is 2.33. The molecule has 1 aliphatic carbocycles. The van der Waals surface area contributed by atoms with Gasteiger partial charge in [0.05, 0.1) is 6.61 Å². The number of hydrogen-bond donors (Lipinski definition) is 1. The maximum Gasteiger partial charge on any atom is 0.122 e. The van der Waals surface area contributed by atoms with Gasteiger partial charge in [-0.2, -0.15) is 0 Å². The fourth-order valence-electron chi connectivity index (χ4n) is 3.53. The zero-order valence-electron chi connectivity index (χ0n) is 11.0. The van der Waals surface area contributed by atoms with E-state index < -0.39 is 0 Å². The van der Waals surface area contributed by atoms with Crippen molar-refractivity contribution in [1.29, 1.82) is 0 Å². The van der Waals surface area contributed by atoms with E-state index in [0.29, 0.717) is 5.92 Å². The van der Waals surface area contributed by atoms with Gasteiger partial charge in [-0.15, -0.1) is 0 Å². The van der Waals surface area contributed by atoms with E-state index in [0.717, 1.165) is 18.8 Å². The van der Waals surface area contributed by atoms with E-state index in [1.165, 1.54) is 44.1 Å². The molecule has 2 nitrogen and oxygen atoms in total. The van der Waals surface area contributed by atoms with Gasteiger partial charge >= 0.3 is 0 Å². The molecule has 1 saturated carbocycles. The fraction of sp³-hybridized carbons (Fsp3) is 0.625. The van der Waals surface area contributed by atoms with Gasteiger partial charge in [-0.3, -0.25) is 0 Å². The lowest BCUT2D eigenvalue weighted by Gasteiger charge is -2.30. The van der Waals surface area contributed by atoms with Crippen molar-refractivity contribution in [3.63, 3.8) is 0 Å². The van der Waals surface area contributed by atoms with Crippen LogP contribution in [0.25, 0.3) is 0 Å². The van der Waals surface area contributed by atoms with Gasteiger partial charge in [-0.25, -0.2) is 0 Å². The third-order valence-electron chi connectivity index (χ3n) is 4.55. The molecule has 1 aliphatic heterocycles. The van der Waals surface area contributed by atoms with Crippen LogP contribution in [-0.4, -0.2) is 12.1 Å². The number of ether oxygens (including phenoxy) is 1. The van der Waals surface area contributed by atoms with Gasteiger partial charge in [0.1, 0.15) is 5.75 Å². The summed E-state index contributed by atoms with van der Waals surface area (Å²) in [5, 5.41) is 0. The highest BCUT2D eigenvalue weighted by Crippen LogP contribution is 2.40. The highest BCUT2D eigenvalue weighted by atomic mass is 16.5. The monoisotopic (exact) mass is 245 g/mol. The largest absolute Gasteiger partial charge is 0.493 e. The number of fused-ring (bicyclic) bond motifs is 1. The Morgan fingerprint density at radius 1 is 1.11 bits per heavy atom. The summed E-state index contributed by atoms with van der Waals surface area (Å²) in [5.74, 6) is 1.57. The van der Waals surface area contributed by atoms with Gasteiger partial charge in [0.15, 0.2) is 0 Å². The van der Waals surface area contributed by atoms with E-state index in [1.807, 2.05) is 6.07 Å². The summed E-state index contributed by atoms with van der Waals surface area (Å²) in [5.41, 5.74) is 8.05. The van der Waals surface area contributed by atoms with E-state index in [4.69, 9.17) is 10.5 Å². The summed E-state index contributed by atoms with van der Waals surface area (Å²) in [4.78, 5) is 0. The van der Waals surface area contributed by atoms with E-state index >= 15 is 0 Å². The summed E-state index contributed by atoms with van der Waals surface area (Å²) in [6, 6.07) is 8.43. The molecule has 18 heavy (non-hydrogen) atoms. The van der Waals surface area contributed by atoms with Gasteiger partial charge in [-0.05, 0) is 25.3 Å². The first-order valence-corrected chi connectivity index (χ1v) is 7.27. The Balaban J connectivity index is 1.73. The standard InChI is InChI=1S/C16H23NO/c17-16(9-5-1-2-6-10-16)11-13-12-18-15-8-4-3-7-14(13)15/h3-4,7-8,13H,1-2,5-6,9-12,17H2. The molecule has 0 aromatic heterocycles. The van der Waals surface area contributed by atoms with Crippen molar-refractivity contribution in [3.05, 3.63) is 29.8 Å². The van der Waals surface area contributed by atoms with Crippen LogP contribution < -0.4 is 10.5 Å². The van der Waals surface area contributed by atoms with Crippen molar-refractivity contribution >= 4 is 0 Å². The number of nitrogens with two attached hydrogens (primary N) is 1. The Labute approximate surface area is 110 Å². The lowest BCUT2D eigenvalue weighted by Crippen LogP contribution is -2.40. The Morgan fingerprint density at radius 3 is 2.61 bits per heavy atom. The van der Waals surface area contributed by atoms with Crippen molar-refractivity contribution in [2.75, 3.05) is 6.61 Å². The predicted octanol–water partition coefficient (Wildman–Crippen LogP) is 3.60. The summed E-state index contributed by atoms with van der Waals surface area (Å²) in [6.45, 7) is 0.818. The first-order valence-electron chi connectivity index (χ1n) is 7.27. The van der Waals surface area contributed by atoms with Crippen LogP contribution in [0.15, 0.2) is 24.3 Å². The van der Waals surface area contributed by atoms with E-state index in [2.05, 4.69) is 18.2 Å². The smallest absolute Gasteiger partial charge is 0.122 e. The maximum absolute atomic E-state index is 6.64. The third-order valence-corrected chi connectivity index (χ3v) is 4.55. The molecule has 2 heteroatoms. The molecule has 1 aromatic carbocycles. The molecule has 1 fully saturated rings. The first kappa shape index (κ1) is 12.0. The molecular weight excluding hydrogens is 222 g/mol. The SMILES string of the molecule is NC1(CC2COc3ccccc32)CCCCCC1. The first-order chi connectivity index (χ1) is 8.77. The van der Waals surface area contributed by atoms with Gasteiger partial charge in [0.2, 0.25) is 0 Å². The minimum Gasteiger partial charge on any atom is -0.493 e. The summed E-state index contributed by atoms with van der Waals surface area (Å²) in [7, 11) is 0. The van der Waals surface area contributed by atoms with E-state index in [1.54, 1.807) is 0 Å². The topological polar surface area (TPSA) is 35.2 Å². The van der Waals surface area contributed by atoms with Crippen LogP contribution in [0.1, 0.15) is 56.4 Å². The molecule has 2 N–H and O–H groups in total. The molecule has 3 rings (SSSR count). The Hall–Kier alpha value is -1.02. The molecule has 2 aliphatic rings. The Morgan fingerprint density at radius 2 is 1.83 bits per heavy atom. The average molecular weight is 245 g/mol. The van der Waals surface area contributed by atoms with Crippen LogP contribution >= 0.6 is 0 Å². The second-order valence-corrected chi connectivity index (χ2v) is 6.03. The molecule has 1 unspecified atom stereocenters. The molecule has 1 aromatic rings. The number of benzene rings is 1. The van der Waals surface area contributed by atoms with Crippen LogP contribution in [0, 0.1) is 0 Å². The Bertz CT molecular complexity index is 407. The normalized spacial score (nSPS) is 26.2. The third kappa shape index (κ3) is 2.39. The molecule has 1 atom stereocenters. The number of para-hydroxylation sites is 1. The fourth-order valence-corrected chi connectivity index (χ4v) is 3.53. The van der Waals surface area contributed by atoms with Gasteiger partial charge < -0.3 is 10.5 Å². The van der Waals surface area contributed by atoms with Gasteiger partial charge in [0, 0.05) is 17.0 Å². The minimum absolute atomic E-state index is 0.0436. The van der Waals surface area contributed by atoms with Crippen LogP contribution in [-0.2, 0) is 0 Å². The van der Waals surface area contributed by atoms with Crippen molar-refractivity contribution in [2.24, 2.45) is 5.73 Å². The second kappa shape index (κ2) is 4.93. The predicted molar refractivity (Wildman–Crippen MR) is 73.9 cm³/mol. The molecule has 0 radical (unpaired) electrons. The summed E-state index contributed by atoms with van der Waals surface area (Å²) in [6.07, 6.45) is 8.77. The highest BCUT2D eigenvalue weighted by molar-refractivity contribution is 5.39. The lowest BCUT2D eigenvalue weighted by molar-refractivity contribution is 0.271. The molecule has 98 valence electrons. The van der Waals surface area contributed by atoms with Crippen molar-refractivity contribution in [2.45, 2.75) is 56.4 Å². The summed E-state index contributed by atoms with van der Waals surface area (Å²) >= 11 is 0. The molecule has 0 bridgehead atoms. The van der Waals surface area contributed by atoms with Crippen molar-refractivity contribution < 1.29 is 4.74 Å². The van der Waals surface area contributed by atoms with Gasteiger partial charge in [-0.1, -0.05) is 43.9 Å². The maximum atomic E-state index is 6.64. The van der Waals surface area contributed by atoms with Crippen LogP contribution in [0.5, 0.6) is 5.75 Å². The zero-order valence-corrected chi connectivity index (χ0v) is 11.0. The molecule has 0 saturated heterocycles. The van der Waals surface area contributed by atoms with E-state index in [-0.39, 0.29) is 5.54 Å². The number of hydrogen-bond acceptors (Lipinski definition) is 2.